The molecule has 92 valence electrons. The Bertz CT molecular complexity index is 126. The average molecular weight is 214 g/mol. The predicted molar refractivity (Wildman–Crippen MR) is 69.3 cm³/mol. The summed E-state index contributed by atoms with van der Waals surface area (Å²) in [4.78, 5) is 2.46. The number of nitrogens with one attached hydrogen (secondary N) is 1. The van der Waals surface area contributed by atoms with E-state index in [1.54, 1.807) is 0 Å². The van der Waals surface area contributed by atoms with Crippen molar-refractivity contribution in [3.05, 3.63) is 0 Å². The third kappa shape index (κ3) is 8.88. The Balaban J connectivity index is 3.55. The largest absolute Gasteiger partial charge is 0.316 e. The summed E-state index contributed by atoms with van der Waals surface area (Å²) in [6, 6.07) is 0. The molecule has 2 nitrogen and oxygen atoms in total. The Labute approximate surface area is 96.4 Å². The highest BCUT2D eigenvalue weighted by Gasteiger charge is 2.08. The minimum absolute atomic E-state index is 0.900. The van der Waals surface area contributed by atoms with Crippen LogP contribution in [0.25, 0.3) is 0 Å². The van der Waals surface area contributed by atoms with Gasteiger partial charge >= 0.3 is 0 Å². The van der Waals surface area contributed by atoms with Crippen LogP contribution in [-0.2, 0) is 0 Å². The quantitative estimate of drug-likeness (QED) is 0.563. The molecular formula is C13H30N2. The molecule has 1 atom stereocenters. The lowest BCUT2D eigenvalue weighted by atomic mass is 9.99. The van der Waals surface area contributed by atoms with Crippen molar-refractivity contribution in [2.24, 2.45) is 5.92 Å². The molecule has 0 amide bonds. The standard InChI is InChI=1S/C13H30N2/c1-5-8-9-13(6-2)12-15(4)11-10-14-7-3/h13-14H,5-12H2,1-4H3. The molecule has 0 bridgehead atoms. The number of rotatable bonds is 10. The first-order chi connectivity index (χ1) is 7.24. The first kappa shape index (κ1) is 14.9. The van der Waals surface area contributed by atoms with Crippen LogP contribution in [0.1, 0.15) is 46.5 Å². The Hall–Kier alpha value is -0.0800. The zero-order chi connectivity index (χ0) is 11.5. The summed E-state index contributed by atoms with van der Waals surface area (Å²) in [5, 5.41) is 3.37. The highest BCUT2D eigenvalue weighted by Crippen LogP contribution is 2.13. The maximum Gasteiger partial charge on any atom is 0.0104 e. The Morgan fingerprint density at radius 3 is 2.47 bits per heavy atom. The van der Waals surface area contributed by atoms with Crippen LogP contribution < -0.4 is 5.32 Å². The SMILES string of the molecule is CCCCC(CC)CN(C)CCNCC. The maximum absolute atomic E-state index is 3.37. The fraction of sp³-hybridized carbons (Fsp3) is 1.00. The van der Waals surface area contributed by atoms with Crippen LogP contribution in [0.2, 0.25) is 0 Å². The van der Waals surface area contributed by atoms with Crippen molar-refractivity contribution < 1.29 is 0 Å². The third-order valence-corrected chi connectivity index (χ3v) is 3.03. The van der Waals surface area contributed by atoms with Gasteiger partial charge in [0.15, 0.2) is 0 Å². The predicted octanol–water partition coefficient (Wildman–Crippen LogP) is 2.74. The highest BCUT2D eigenvalue weighted by molar-refractivity contribution is 4.63. The molecular weight excluding hydrogens is 184 g/mol. The maximum atomic E-state index is 3.37. The van der Waals surface area contributed by atoms with Gasteiger partial charge in [-0.3, -0.25) is 0 Å². The monoisotopic (exact) mass is 214 g/mol. The molecule has 1 N–H and O–H groups in total. The van der Waals surface area contributed by atoms with E-state index in [2.05, 4.69) is 38.0 Å². The van der Waals surface area contributed by atoms with Gasteiger partial charge in [0.05, 0.1) is 0 Å². The fourth-order valence-electron chi connectivity index (χ4n) is 1.90. The molecule has 0 saturated carbocycles. The van der Waals surface area contributed by atoms with Crippen LogP contribution in [0.3, 0.4) is 0 Å². The van der Waals surface area contributed by atoms with E-state index >= 15 is 0 Å². The van der Waals surface area contributed by atoms with Crippen molar-refractivity contribution in [2.45, 2.75) is 46.5 Å². The van der Waals surface area contributed by atoms with Crippen molar-refractivity contribution in [3.63, 3.8) is 0 Å². The first-order valence-corrected chi connectivity index (χ1v) is 6.63. The van der Waals surface area contributed by atoms with Gasteiger partial charge in [0.25, 0.3) is 0 Å². The zero-order valence-electron chi connectivity index (χ0n) is 11.2. The van der Waals surface area contributed by atoms with Crippen molar-refractivity contribution in [2.75, 3.05) is 33.2 Å². The molecule has 0 aromatic rings. The lowest BCUT2D eigenvalue weighted by Crippen LogP contribution is -2.32. The van der Waals surface area contributed by atoms with Gasteiger partial charge in [-0.05, 0) is 25.9 Å². The summed E-state index contributed by atoms with van der Waals surface area (Å²) in [6.07, 6.45) is 5.45. The minimum Gasteiger partial charge on any atom is -0.316 e. The van der Waals surface area contributed by atoms with Crippen molar-refractivity contribution >= 4 is 0 Å². The molecule has 15 heavy (non-hydrogen) atoms. The summed E-state index contributed by atoms with van der Waals surface area (Å²) < 4.78 is 0. The molecule has 0 aromatic heterocycles. The fourth-order valence-corrected chi connectivity index (χ4v) is 1.90. The van der Waals surface area contributed by atoms with E-state index in [1.807, 2.05) is 0 Å². The molecule has 0 rings (SSSR count). The second-order valence-electron chi connectivity index (χ2n) is 4.53. The lowest BCUT2D eigenvalue weighted by molar-refractivity contribution is 0.260. The highest BCUT2D eigenvalue weighted by atomic mass is 15.1. The molecule has 0 aliphatic heterocycles. The van der Waals surface area contributed by atoms with Crippen molar-refractivity contribution in [3.8, 4) is 0 Å². The molecule has 0 aromatic carbocycles. The Kier molecular flexibility index (Phi) is 10.4. The van der Waals surface area contributed by atoms with E-state index < -0.39 is 0 Å². The average Bonchev–Trinajstić information content (AvgIpc) is 2.24. The smallest absolute Gasteiger partial charge is 0.0104 e. The van der Waals surface area contributed by atoms with E-state index in [0.29, 0.717) is 0 Å². The molecule has 0 spiro atoms. The summed E-state index contributed by atoms with van der Waals surface area (Å²) in [6.45, 7) is 11.4. The topological polar surface area (TPSA) is 15.3 Å². The van der Waals surface area contributed by atoms with Crippen LogP contribution >= 0.6 is 0 Å². The van der Waals surface area contributed by atoms with E-state index in [9.17, 15) is 0 Å². The summed E-state index contributed by atoms with van der Waals surface area (Å²) >= 11 is 0. The summed E-state index contributed by atoms with van der Waals surface area (Å²) in [5.41, 5.74) is 0. The third-order valence-electron chi connectivity index (χ3n) is 3.03. The second-order valence-corrected chi connectivity index (χ2v) is 4.53. The number of nitrogens with zero attached hydrogens (tertiary/aromatic N) is 1. The molecule has 0 radical (unpaired) electrons. The summed E-state index contributed by atoms with van der Waals surface area (Å²) in [5.74, 6) is 0.900. The van der Waals surface area contributed by atoms with Crippen LogP contribution in [0.15, 0.2) is 0 Å². The summed E-state index contributed by atoms with van der Waals surface area (Å²) in [7, 11) is 2.24. The number of hydrogen-bond acceptors (Lipinski definition) is 2. The van der Waals surface area contributed by atoms with Gasteiger partial charge in [0.2, 0.25) is 0 Å². The molecule has 0 fully saturated rings. The molecule has 0 saturated heterocycles. The molecule has 2 heteroatoms. The van der Waals surface area contributed by atoms with Gasteiger partial charge in [0, 0.05) is 19.6 Å². The number of unbranched alkanes of at least 4 members (excludes halogenated alkanes) is 1. The number of hydrogen-bond donors (Lipinski definition) is 1. The van der Waals surface area contributed by atoms with Crippen LogP contribution in [0, 0.1) is 5.92 Å². The van der Waals surface area contributed by atoms with Crippen molar-refractivity contribution in [1.29, 1.82) is 0 Å². The normalized spacial score (nSPS) is 13.4. The van der Waals surface area contributed by atoms with Crippen LogP contribution in [-0.4, -0.2) is 38.1 Å². The van der Waals surface area contributed by atoms with Crippen LogP contribution in [0.4, 0.5) is 0 Å². The van der Waals surface area contributed by atoms with Gasteiger partial charge in [-0.25, -0.2) is 0 Å². The second kappa shape index (κ2) is 10.4. The Morgan fingerprint density at radius 2 is 1.93 bits per heavy atom. The van der Waals surface area contributed by atoms with Gasteiger partial charge in [-0.1, -0.05) is 40.0 Å². The van der Waals surface area contributed by atoms with Gasteiger partial charge < -0.3 is 10.2 Å². The van der Waals surface area contributed by atoms with Gasteiger partial charge in [-0.15, -0.1) is 0 Å². The Morgan fingerprint density at radius 1 is 1.20 bits per heavy atom. The number of likely N-dealkylation sites (N-methyl/N-ethyl adjacent to an activating group) is 2. The van der Waals surface area contributed by atoms with Gasteiger partial charge in [0.1, 0.15) is 0 Å². The van der Waals surface area contributed by atoms with Crippen LogP contribution in [0.5, 0.6) is 0 Å². The molecule has 0 aliphatic carbocycles. The first-order valence-electron chi connectivity index (χ1n) is 6.63. The van der Waals surface area contributed by atoms with Crippen molar-refractivity contribution in [1.82, 2.24) is 10.2 Å². The lowest BCUT2D eigenvalue weighted by Gasteiger charge is -2.23. The molecule has 0 heterocycles. The van der Waals surface area contributed by atoms with E-state index in [4.69, 9.17) is 0 Å². The van der Waals surface area contributed by atoms with E-state index in [1.165, 1.54) is 38.8 Å². The zero-order valence-corrected chi connectivity index (χ0v) is 11.2. The van der Waals surface area contributed by atoms with Gasteiger partial charge in [-0.2, -0.15) is 0 Å². The molecule has 1 unspecified atom stereocenters. The van der Waals surface area contributed by atoms with E-state index in [0.717, 1.165) is 19.0 Å². The minimum atomic E-state index is 0.900. The van der Waals surface area contributed by atoms with E-state index in [-0.39, 0.29) is 0 Å². The molecule has 0 aliphatic rings.